The Hall–Kier alpha value is -2.91. The van der Waals surface area contributed by atoms with Gasteiger partial charge in [0.2, 0.25) is 0 Å². The van der Waals surface area contributed by atoms with Crippen molar-refractivity contribution in [2.45, 2.75) is 6.42 Å². The van der Waals surface area contributed by atoms with Gasteiger partial charge < -0.3 is 0 Å². The van der Waals surface area contributed by atoms with E-state index in [1.54, 1.807) is 0 Å². The summed E-state index contributed by atoms with van der Waals surface area (Å²) in [5.41, 5.74) is 4.76. The summed E-state index contributed by atoms with van der Waals surface area (Å²) in [4.78, 5) is 0. The highest BCUT2D eigenvalue weighted by molar-refractivity contribution is 7.98. The van der Waals surface area contributed by atoms with Crippen LogP contribution in [0.1, 0.15) is 6.42 Å². The molecule has 0 saturated heterocycles. The zero-order valence-corrected chi connectivity index (χ0v) is 16.1. The molecule has 27 heavy (non-hydrogen) atoms. The van der Waals surface area contributed by atoms with Crippen molar-refractivity contribution in [1.82, 2.24) is 0 Å². The second-order valence-corrected chi connectivity index (χ2v) is 9.75. The summed E-state index contributed by atoms with van der Waals surface area (Å²) in [7, 11) is -1.94. The van der Waals surface area contributed by atoms with Crippen molar-refractivity contribution >= 4 is 23.2 Å². The molecule has 0 spiro atoms. The van der Waals surface area contributed by atoms with Crippen LogP contribution in [-0.4, -0.2) is 0 Å². The highest BCUT2D eigenvalue weighted by Crippen LogP contribution is 2.56. The third-order valence-electron chi connectivity index (χ3n) is 4.78. The van der Waals surface area contributed by atoms with Crippen LogP contribution < -0.4 is 15.9 Å². The van der Waals surface area contributed by atoms with Gasteiger partial charge in [-0.25, -0.2) is 0 Å². The molecule has 1 aliphatic carbocycles. The van der Waals surface area contributed by atoms with E-state index in [1.165, 1.54) is 15.9 Å². The maximum absolute atomic E-state index is 3.63. The molecule has 0 radical (unpaired) electrons. The first-order valence-electron chi connectivity index (χ1n) is 9.26. The smallest absolute Gasteiger partial charge is 0.0795 e. The molecule has 0 aromatic heterocycles. The molecule has 1 aliphatic rings. The minimum Gasteiger partial charge on any atom is -0.0795 e. The first-order chi connectivity index (χ1) is 13.4. The molecule has 0 aliphatic heterocycles. The molecular formula is C26H22P+. The largest absolute Gasteiger partial charge is 0.144 e. The Balaban J connectivity index is 2.04. The second kappa shape index (κ2) is 8.19. The van der Waals surface area contributed by atoms with Gasteiger partial charge in [-0.05, 0) is 42.8 Å². The van der Waals surface area contributed by atoms with Gasteiger partial charge in [0.15, 0.2) is 0 Å². The molecule has 0 saturated carbocycles. The van der Waals surface area contributed by atoms with E-state index in [2.05, 4.69) is 127 Å². The summed E-state index contributed by atoms with van der Waals surface area (Å²) in [5, 5.41) is 4.04. The first-order valence-corrected chi connectivity index (χ1v) is 11.1. The van der Waals surface area contributed by atoms with Crippen LogP contribution in [0.3, 0.4) is 0 Å². The predicted octanol–water partition coefficient (Wildman–Crippen LogP) is 5.54. The lowest BCUT2D eigenvalue weighted by atomic mass is 10.1. The summed E-state index contributed by atoms with van der Waals surface area (Å²) in [6.07, 6.45) is 9.69. The van der Waals surface area contributed by atoms with E-state index < -0.39 is 7.26 Å². The molecule has 1 heteroatoms. The number of rotatable bonds is 4. The lowest BCUT2D eigenvalue weighted by Crippen LogP contribution is -2.29. The summed E-state index contributed by atoms with van der Waals surface area (Å²) in [5.74, 6) is 2.34. The lowest BCUT2D eigenvalue weighted by molar-refractivity contribution is 1.34. The van der Waals surface area contributed by atoms with Gasteiger partial charge in [0.05, 0.1) is 0 Å². The normalized spacial score (nSPS) is 13.3. The molecule has 3 aromatic rings. The third kappa shape index (κ3) is 3.64. The van der Waals surface area contributed by atoms with E-state index in [0.717, 1.165) is 12.0 Å². The van der Waals surface area contributed by atoms with Crippen molar-refractivity contribution < 1.29 is 0 Å². The van der Waals surface area contributed by atoms with Gasteiger partial charge in [-0.3, -0.25) is 0 Å². The van der Waals surface area contributed by atoms with E-state index in [4.69, 9.17) is 0 Å². The predicted molar refractivity (Wildman–Crippen MR) is 120 cm³/mol. The van der Waals surface area contributed by atoms with Crippen molar-refractivity contribution in [3.63, 3.8) is 0 Å². The second-order valence-electron chi connectivity index (χ2n) is 6.50. The Labute approximate surface area is 162 Å². The highest BCUT2D eigenvalue weighted by atomic mass is 31.2. The SMILES string of the molecule is C(=C[P+](c1ccccc1)(c1ccccc1)c1ccccc1)=C1C=CCC=C1. The Morgan fingerprint density at radius 3 is 1.41 bits per heavy atom. The van der Waals surface area contributed by atoms with E-state index >= 15 is 0 Å². The van der Waals surface area contributed by atoms with E-state index in [0.29, 0.717) is 0 Å². The molecule has 0 bridgehead atoms. The van der Waals surface area contributed by atoms with Crippen molar-refractivity contribution in [1.29, 1.82) is 0 Å². The molecule has 0 unspecified atom stereocenters. The fourth-order valence-corrected chi connectivity index (χ4v) is 7.06. The van der Waals surface area contributed by atoms with Gasteiger partial charge in [0, 0.05) is 5.57 Å². The fraction of sp³-hybridized carbons (Fsp3) is 0.0385. The number of hydrogen-bond donors (Lipinski definition) is 0. The van der Waals surface area contributed by atoms with Gasteiger partial charge in [0.1, 0.15) is 29.0 Å². The Kier molecular flexibility index (Phi) is 5.31. The van der Waals surface area contributed by atoms with Gasteiger partial charge in [-0.2, -0.15) is 0 Å². The van der Waals surface area contributed by atoms with Crippen LogP contribution in [0.15, 0.2) is 132 Å². The van der Waals surface area contributed by atoms with Gasteiger partial charge in [0.25, 0.3) is 0 Å². The first kappa shape index (κ1) is 17.5. The number of benzene rings is 3. The van der Waals surface area contributed by atoms with Crippen LogP contribution in [0.2, 0.25) is 0 Å². The summed E-state index contributed by atoms with van der Waals surface area (Å²) >= 11 is 0. The fourth-order valence-electron chi connectivity index (χ4n) is 3.45. The Bertz CT molecular complexity index is 895. The highest BCUT2D eigenvalue weighted by Gasteiger charge is 2.43. The van der Waals surface area contributed by atoms with Crippen molar-refractivity contribution in [2.24, 2.45) is 0 Å². The zero-order valence-electron chi connectivity index (χ0n) is 15.2. The van der Waals surface area contributed by atoms with Gasteiger partial charge in [-0.1, -0.05) is 84.6 Å². The molecule has 3 aromatic carbocycles. The molecule has 0 amide bonds. The topological polar surface area (TPSA) is 0 Å². The monoisotopic (exact) mass is 365 g/mol. The van der Waals surface area contributed by atoms with E-state index in [-0.39, 0.29) is 0 Å². The maximum atomic E-state index is 3.63. The average Bonchev–Trinajstić information content (AvgIpc) is 2.77. The molecule has 0 N–H and O–H groups in total. The molecule has 0 fully saturated rings. The minimum atomic E-state index is -1.94. The van der Waals surface area contributed by atoms with Crippen LogP contribution in [-0.2, 0) is 0 Å². The summed E-state index contributed by atoms with van der Waals surface area (Å²) < 4.78 is 0. The van der Waals surface area contributed by atoms with Crippen molar-refractivity contribution in [2.75, 3.05) is 0 Å². The standard InChI is InChI=1S/C26H22P/c1-5-13-23(14-6-1)21-22-27(24-15-7-2-8-16-24,25-17-9-3-10-18-25)26-19-11-4-12-20-26/h2-20,22H,1H2/q+1. The van der Waals surface area contributed by atoms with Crippen molar-refractivity contribution in [3.05, 3.63) is 132 Å². The van der Waals surface area contributed by atoms with Crippen LogP contribution in [0.5, 0.6) is 0 Å². The van der Waals surface area contributed by atoms with Gasteiger partial charge in [-0.15, -0.1) is 0 Å². The molecule has 0 atom stereocenters. The molecule has 0 nitrogen and oxygen atoms in total. The third-order valence-corrected chi connectivity index (χ3v) is 8.64. The minimum absolute atomic E-state index is 1.00. The summed E-state index contributed by atoms with van der Waals surface area (Å²) in [6.45, 7) is 0. The number of allylic oxidation sites excluding steroid dienone is 5. The van der Waals surface area contributed by atoms with Crippen molar-refractivity contribution in [3.8, 4) is 0 Å². The molecule has 0 heterocycles. The van der Waals surface area contributed by atoms with Crippen LogP contribution in [0.25, 0.3) is 0 Å². The zero-order chi connectivity index (χ0) is 18.4. The Morgan fingerprint density at radius 2 is 1.00 bits per heavy atom. The average molecular weight is 365 g/mol. The number of hydrogen-bond acceptors (Lipinski definition) is 0. The van der Waals surface area contributed by atoms with Gasteiger partial charge >= 0.3 is 0 Å². The van der Waals surface area contributed by atoms with E-state index in [9.17, 15) is 0 Å². The Morgan fingerprint density at radius 1 is 0.593 bits per heavy atom. The molecule has 4 rings (SSSR count). The van der Waals surface area contributed by atoms with E-state index in [1.807, 2.05) is 0 Å². The van der Waals surface area contributed by atoms with Crippen LogP contribution in [0.4, 0.5) is 0 Å². The maximum Gasteiger partial charge on any atom is 0.144 e. The summed E-state index contributed by atoms with van der Waals surface area (Å²) in [6, 6.07) is 32.6. The lowest BCUT2D eigenvalue weighted by Gasteiger charge is -2.23. The molecule has 130 valence electrons. The quantitative estimate of drug-likeness (QED) is 0.421. The van der Waals surface area contributed by atoms with Crippen LogP contribution >= 0.6 is 7.26 Å². The molecular weight excluding hydrogens is 343 g/mol. The van der Waals surface area contributed by atoms with Crippen LogP contribution in [0, 0.1) is 0 Å².